The van der Waals surface area contributed by atoms with Crippen LogP contribution in [0.5, 0.6) is 0 Å². The molecule has 0 aliphatic carbocycles. The van der Waals surface area contributed by atoms with Crippen LogP contribution in [-0.2, 0) is 4.79 Å². The Balaban J connectivity index is 3.10. The summed E-state index contributed by atoms with van der Waals surface area (Å²) < 4.78 is 0. The SMILES string of the molecule is CCCCCCCCCCNC(=O)CC(C)C. The molecule has 0 atom stereocenters. The Morgan fingerprint density at radius 2 is 1.47 bits per heavy atom. The predicted molar refractivity (Wildman–Crippen MR) is 75.1 cm³/mol. The quantitative estimate of drug-likeness (QED) is 0.537. The van der Waals surface area contributed by atoms with Crippen molar-refractivity contribution >= 4 is 5.91 Å². The van der Waals surface area contributed by atoms with Gasteiger partial charge in [0.05, 0.1) is 0 Å². The van der Waals surface area contributed by atoms with Crippen LogP contribution < -0.4 is 5.32 Å². The van der Waals surface area contributed by atoms with Gasteiger partial charge in [-0.15, -0.1) is 0 Å². The van der Waals surface area contributed by atoms with E-state index in [9.17, 15) is 4.79 Å². The van der Waals surface area contributed by atoms with Gasteiger partial charge < -0.3 is 5.32 Å². The molecule has 2 heteroatoms. The van der Waals surface area contributed by atoms with Crippen molar-refractivity contribution in [2.24, 2.45) is 5.92 Å². The molecule has 0 heterocycles. The van der Waals surface area contributed by atoms with Crippen molar-refractivity contribution in [3.05, 3.63) is 0 Å². The lowest BCUT2D eigenvalue weighted by Crippen LogP contribution is -2.25. The monoisotopic (exact) mass is 241 g/mol. The van der Waals surface area contributed by atoms with E-state index in [4.69, 9.17) is 0 Å². The highest BCUT2D eigenvalue weighted by atomic mass is 16.1. The number of nitrogens with one attached hydrogen (secondary N) is 1. The van der Waals surface area contributed by atoms with Gasteiger partial charge >= 0.3 is 0 Å². The Hall–Kier alpha value is -0.530. The third-order valence-corrected chi connectivity index (χ3v) is 2.95. The van der Waals surface area contributed by atoms with E-state index < -0.39 is 0 Å². The molecule has 0 spiro atoms. The molecule has 0 radical (unpaired) electrons. The average molecular weight is 241 g/mol. The highest BCUT2D eigenvalue weighted by Gasteiger charge is 2.02. The minimum absolute atomic E-state index is 0.211. The summed E-state index contributed by atoms with van der Waals surface area (Å²) in [7, 11) is 0. The summed E-state index contributed by atoms with van der Waals surface area (Å²) in [5.74, 6) is 0.677. The van der Waals surface area contributed by atoms with Crippen LogP contribution in [0, 0.1) is 5.92 Å². The van der Waals surface area contributed by atoms with E-state index in [0.29, 0.717) is 12.3 Å². The lowest BCUT2D eigenvalue weighted by molar-refractivity contribution is -0.121. The number of hydrogen-bond donors (Lipinski definition) is 1. The van der Waals surface area contributed by atoms with Crippen LogP contribution in [0.25, 0.3) is 0 Å². The molecule has 1 amide bonds. The van der Waals surface area contributed by atoms with Gasteiger partial charge in [-0.3, -0.25) is 4.79 Å². The Kier molecular flexibility index (Phi) is 11.6. The largest absolute Gasteiger partial charge is 0.356 e. The number of unbranched alkanes of at least 4 members (excludes halogenated alkanes) is 7. The molecule has 0 unspecified atom stereocenters. The second-order valence-corrected chi connectivity index (χ2v) is 5.42. The molecular weight excluding hydrogens is 210 g/mol. The molecular formula is C15H31NO. The highest BCUT2D eigenvalue weighted by Crippen LogP contribution is 2.08. The van der Waals surface area contributed by atoms with Crippen molar-refractivity contribution < 1.29 is 4.79 Å². The van der Waals surface area contributed by atoms with Gasteiger partial charge in [0.25, 0.3) is 0 Å². The Labute approximate surface area is 108 Å². The smallest absolute Gasteiger partial charge is 0.220 e. The van der Waals surface area contributed by atoms with Crippen molar-refractivity contribution in [2.75, 3.05) is 6.54 Å². The molecule has 0 aromatic heterocycles. The van der Waals surface area contributed by atoms with Crippen LogP contribution in [0.3, 0.4) is 0 Å². The second-order valence-electron chi connectivity index (χ2n) is 5.42. The fourth-order valence-electron chi connectivity index (χ4n) is 1.93. The Morgan fingerprint density at radius 3 is 2.00 bits per heavy atom. The second kappa shape index (κ2) is 11.9. The molecule has 0 saturated carbocycles. The maximum Gasteiger partial charge on any atom is 0.220 e. The van der Waals surface area contributed by atoms with E-state index in [1.54, 1.807) is 0 Å². The molecule has 0 aromatic carbocycles. The van der Waals surface area contributed by atoms with E-state index >= 15 is 0 Å². The standard InChI is InChI=1S/C15H31NO/c1-4-5-6-7-8-9-10-11-12-16-15(17)13-14(2)3/h14H,4-13H2,1-3H3,(H,16,17). The third-order valence-electron chi connectivity index (χ3n) is 2.95. The van der Waals surface area contributed by atoms with Crippen molar-refractivity contribution in [2.45, 2.75) is 78.6 Å². The van der Waals surface area contributed by atoms with Crippen LogP contribution in [0.4, 0.5) is 0 Å². The van der Waals surface area contributed by atoms with Crippen LogP contribution in [0.2, 0.25) is 0 Å². The van der Waals surface area contributed by atoms with Gasteiger partial charge in [-0.1, -0.05) is 65.7 Å². The first-order valence-corrected chi connectivity index (χ1v) is 7.43. The molecule has 0 bridgehead atoms. The number of carbonyl (C=O) groups is 1. The summed E-state index contributed by atoms with van der Waals surface area (Å²) >= 11 is 0. The first-order chi connectivity index (χ1) is 8.16. The van der Waals surface area contributed by atoms with Crippen LogP contribution >= 0.6 is 0 Å². The van der Waals surface area contributed by atoms with E-state index in [0.717, 1.165) is 13.0 Å². The predicted octanol–water partition coefficient (Wildman–Crippen LogP) is 4.29. The van der Waals surface area contributed by atoms with Crippen molar-refractivity contribution in [3.8, 4) is 0 Å². The number of amides is 1. The van der Waals surface area contributed by atoms with Gasteiger partial charge in [0, 0.05) is 13.0 Å². The van der Waals surface area contributed by atoms with Crippen molar-refractivity contribution in [1.29, 1.82) is 0 Å². The minimum atomic E-state index is 0.211. The van der Waals surface area contributed by atoms with E-state index in [2.05, 4.69) is 26.1 Å². The molecule has 0 rings (SSSR count). The zero-order valence-electron chi connectivity index (χ0n) is 12.1. The third kappa shape index (κ3) is 13.4. The summed E-state index contributed by atoms with van der Waals surface area (Å²) in [6, 6.07) is 0. The van der Waals surface area contributed by atoms with Gasteiger partial charge in [-0.05, 0) is 12.3 Å². The first-order valence-electron chi connectivity index (χ1n) is 7.43. The zero-order valence-corrected chi connectivity index (χ0v) is 12.1. The highest BCUT2D eigenvalue weighted by molar-refractivity contribution is 5.75. The van der Waals surface area contributed by atoms with Gasteiger partial charge in [0.15, 0.2) is 0 Å². The summed E-state index contributed by atoms with van der Waals surface area (Å²) in [5.41, 5.74) is 0. The Bertz CT molecular complexity index is 178. The van der Waals surface area contributed by atoms with Gasteiger partial charge in [-0.2, -0.15) is 0 Å². The van der Waals surface area contributed by atoms with Crippen LogP contribution in [0.1, 0.15) is 78.6 Å². The molecule has 0 fully saturated rings. The zero-order chi connectivity index (χ0) is 12.9. The van der Waals surface area contributed by atoms with Crippen LogP contribution in [0.15, 0.2) is 0 Å². The van der Waals surface area contributed by atoms with Gasteiger partial charge in [-0.25, -0.2) is 0 Å². The average Bonchev–Trinajstić information content (AvgIpc) is 2.26. The summed E-state index contributed by atoms with van der Waals surface area (Å²) in [4.78, 5) is 11.3. The maximum atomic E-state index is 11.3. The lowest BCUT2D eigenvalue weighted by Gasteiger charge is -2.06. The van der Waals surface area contributed by atoms with Crippen LogP contribution in [-0.4, -0.2) is 12.5 Å². The fraction of sp³-hybridized carbons (Fsp3) is 0.933. The molecule has 102 valence electrons. The van der Waals surface area contributed by atoms with E-state index in [-0.39, 0.29) is 5.91 Å². The topological polar surface area (TPSA) is 29.1 Å². The molecule has 0 aromatic rings. The van der Waals surface area contributed by atoms with E-state index in [1.807, 2.05) is 0 Å². The molecule has 0 aliphatic rings. The van der Waals surface area contributed by atoms with E-state index in [1.165, 1.54) is 44.9 Å². The molecule has 2 nitrogen and oxygen atoms in total. The summed E-state index contributed by atoms with van der Waals surface area (Å²) in [6.45, 7) is 7.27. The molecule has 1 N–H and O–H groups in total. The lowest BCUT2D eigenvalue weighted by atomic mass is 10.1. The molecule has 0 saturated heterocycles. The fourth-order valence-corrected chi connectivity index (χ4v) is 1.93. The van der Waals surface area contributed by atoms with Crippen molar-refractivity contribution in [3.63, 3.8) is 0 Å². The molecule has 17 heavy (non-hydrogen) atoms. The Morgan fingerprint density at radius 1 is 0.941 bits per heavy atom. The number of hydrogen-bond acceptors (Lipinski definition) is 1. The first kappa shape index (κ1) is 16.5. The summed E-state index contributed by atoms with van der Waals surface area (Å²) in [6.07, 6.45) is 11.2. The van der Waals surface area contributed by atoms with Gasteiger partial charge in [0.2, 0.25) is 5.91 Å². The summed E-state index contributed by atoms with van der Waals surface area (Å²) in [5, 5.41) is 2.99. The minimum Gasteiger partial charge on any atom is -0.356 e. The number of carbonyl (C=O) groups excluding carboxylic acids is 1. The normalized spacial score (nSPS) is 10.8. The number of rotatable bonds is 11. The maximum absolute atomic E-state index is 11.3. The molecule has 0 aliphatic heterocycles. The van der Waals surface area contributed by atoms with Gasteiger partial charge in [0.1, 0.15) is 0 Å². The van der Waals surface area contributed by atoms with Crippen molar-refractivity contribution in [1.82, 2.24) is 5.32 Å².